The Labute approximate surface area is 114 Å². The zero-order valence-corrected chi connectivity index (χ0v) is 11.3. The van der Waals surface area contributed by atoms with Gasteiger partial charge in [0.2, 0.25) is 11.2 Å². The zero-order valence-electron chi connectivity index (χ0n) is 10.5. The molecule has 0 radical (unpaired) electrons. The summed E-state index contributed by atoms with van der Waals surface area (Å²) in [5, 5.41) is -0.981. The van der Waals surface area contributed by atoms with Crippen LogP contribution in [0.2, 0.25) is 0 Å². The highest BCUT2D eigenvalue weighted by Gasteiger charge is 2.24. The molecule has 0 amide bonds. The summed E-state index contributed by atoms with van der Waals surface area (Å²) in [6.45, 7) is 2.15. The van der Waals surface area contributed by atoms with E-state index in [4.69, 9.17) is 20.8 Å². The lowest BCUT2D eigenvalue weighted by Crippen LogP contribution is -2.19. The first-order valence-electron chi connectivity index (χ1n) is 5.59. The summed E-state index contributed by atoms with van der Waals surface area (Å²) in [5.41, 5.74) is -1.18. The van der Waals surface area contributed by atoms with Crippen LogP contribution in [0.1, 0.15) is 40.7 Å². The number of rotatable bonds is 6. The average Bonchev–Trinajstić information content (AvgIpc) is 2.39. The van der Waals surface area contributed by atoms with E-state index in [2.05, 4.69) is 4.74 Å². The van der Waals surface area contributed by atoms with E-state index in [0.29, 0.717) is 6.42 Å². The van der Waals surface area contributed by atoms with Crippen molar-refractivity contribution in [2.24, 2.45) is 0 Å². The lowest BCUT2D eigenvalue weighted by molar-refractivity contribution is 0.0552. The van der Waals surface area contributed by atoms with Gasteiger partial charge in [0.05, 0.1) is 13.7 Å². The van der Waals surface area contributed by atoms with Crippen molar-refractivity contribution in [2.45, 2.75) is 19.8 Å². The van der Waals surface area contributed by atoms with E-state index < -0.39 is 16.6 Å². The van der Waals surface area contributed by atoms with Crippen molar-refractivity contribution in [2.75, 3.05) is 13.7 Å². The van der Waals surface area contributed by atoms with Gasteiger partial charge in [-0.15, -0.1) is 0 Å². The Morgan fingerprint density at radius 2 is 2.11 bits per heavy atom. The van der Waals surface area contributed by atoms with Crippen LogP contribution in [0.4, 0.5) is 0 Å². The van der Waals surface area contributed by atoms with Crippen LogP contribution < -0.4 is 10.2 Å². The Hall–Kier alpha value is -1.82. The zero-order chi connectivity index (χ0) is 14.4. The van der Waals surface area contributed by atoms with Crippen molar-refractivity contribution >= 4 is 22.8 Å². The largest absolute Gasteiger partial charge is 0.486 e. The van der Waals surface area contributed by atoms with Gasteiger partial charge in [-0.1, -0.05) is 13.3 Å². The number of carbonyl (C=O) groups is 2. The van der Waals surface area contributed by atoms with Crippen LogP contribution in [0.3, 0.4) is 0 Å². The summed E-state index contributed by atoms with van der Waals surface area (Å²) in [4.78, 5) is 34.4. The number of hydrogen-bond donors (Lipinski definition) is 0. The molecule has 0 atom stereocenters. The molecule has 0 N–H and O–H groups in total. The second-order valence-electron chi connectivity index (χ2n) is 3.60. The van der Waals surface area contributed by atoms with E-state index in [1.807, 2.05) is 6.92 Å². The molecule has 1 heterocycles. The summed E-state index contributed by atoms with van der Waals surface area (Å²) in [6, 6.07) is 0. The van der Waals surface area contributed by atoms with Gasteiger partial charge < -0.3 is 13.9 Å². The number of esters is 1. The highest BCUT2D eigenvalue weighted by atomic mass is 35.5. The van der Waals surface area contributed by atoms with E-state index in [1.54, 1.807) is 0 Å². The fourth-order valence-corrected chi connectivity index (χ4v) is 1.40. The molecule has 19 heavy (non-hydrogen) atoms. The van der Waals surface area contributed by atoms with Crippen LogP contribution in [0, 0.1) is 0 Å². The monoisotopic (exact) mass is 288 g/mol. The smallest absolute Gasteiger partial charge is 0.378 e. The molecule has 0 fully saturated rings. The summed E-state index contributed by atoms with van der Waals surface area (Å²) >= 11 is 5.24. The summed E-state index contributed by atoms with van der Waals surface area (Å²) < 4.78 is 14.6. The van der Waals surface area contributed by atoms with Gasteiger partial charge in [-0.3, -0.25) is 9.59 Å². The van der Waals surface area contributed by atoms with Crippen LogP contribution >= 0.6 is 11.6 Å². The van der Waals surface area contributed by atoms with E-state index in [-0.39, 0.29) is 23.7 Å². The Morgan fingerprint density at radius 1 is 1.42 bits per heavy atom. The minimum atomic E-state index is -0.981. The maximum Gasteiger partial charge on any atom is 0.378 e. The van der Waals surface area contributed by atoms with Gasteiger partial charge >= 0.3 is 5.97 Å². The number of unbranched alkanes of at least 4 members (excludes halogenated alkanes) is 1. The summed E-state index contributed by atoms with van der Waals surface area (Å²) in [5.74, 6) is -1.60. The molecule has 0 aliphatic heterocycles. The Kier molecular flexibility index (Phi) is 5.57. The van der Waals surface area contributed by atoms with Crippen LogP contribution in [-0.2, 0) is 4.74 Å². The molecule has 1 aromatic heterocycles. The first kappa shape index (κ1) is 15.2. The molecule has 0 aromatic carbocycles. The second kappa shape index (κ2) is 6.94. The van der Waals surface area contributed by atoms with Crippen molar-refractivity contribution in [3.63, 3.8) is 0 Å². The van der Waals surface area contributed by atoms with Gasteiger partial charge in [0.1, 0.15) is 11.8 Å². The summed E-state index contributed by atoms with van der Waals surface area (Å²) in [7, 11) is 1.14. The van der Waals surface area contributed by atoms with Gasteiger partial charge in [-0.05, 0) is 18.0 Å². The molecule has 1 aromatic rings. The number of hydrogen-bond acceptors (Lipinski definition) is 6. The molecule has 0 aliphatic rings. The standard InChI is InChI=1S/C12H13ClO6/c1-3-4-5-18-9-8(14)7(11(13)15)6-19-10(9)12(16)17-2/h6H,3-5H2,1-2H3. The van der Waals surface area contributed by atoms with Gasteiger partial charge in [0.15, 0.2) is 0 Å². The second-order valence-corrected chi connectivity index (χ2v) is 3.95. The summed E-state index contributed by atoms with van der Waals surface area (Å²) in [6.07, 6.45) is 2.34. The van der Waals surface area contributed by atoms with Crippen molar-refractivity contribution in [3.05, 3.63) is 27.8 Å². The van der Waals surface area contributed by atoms with Crippen molar-refractivity contribution in [3.8, 4) is 5.75 Å². The lowest BCUT2D eigenvalue weighted by atomic mass is 10.2. The quantitative estimate of drug-likeness (QED) is 0.452. The Morgan fingerprint density at radius 3 is 2.63 bits per heavy atom. The third-order valence-corrected chi connectivity index (χ3v) is 2.48. The van der Waals surface area contributed by atoms with E-state index in [9.17, 15) is 14.4 Å². The number of ether oxygens (including phenoxy) is 2. The predicted octanol–water partition coefficient (Wildman–Crippen LogP) is 1.98. The molecular formula is C12H13ClO6. The number of carbonyl (C=O) groups excluding carboxylic acids is 2. The first-order chi connectivity index (χ1) is 9.02. The topological polar surface area (TPSA) is 82.8 Å². The van der Waals surface area contributed by atoms with Crippen molar-refractivity contribution in [1.29, 1.82) is 0 Å². The molecule has 6 nitrogen and oxygen atoms in total. The maximum absolute atomic E-state index is 11.9. The van der Waals surface area contributed by atoms with E-state index in [0.717, 1.165) is 19.8 Å². The van der Waals surface area contributed by atoms with E-state index in [1.165, 1.54) is 0 Å². The Balaban J connectivity index is 3.25. The van der Waals surface area contributed by atoms with Crippen LogP contribution in [0.5, 0.6) is 5.75 Å². The van der Waals surface area contributed by atoms with Crippen LogP contribution in [0.25, 0.3) is 0 Å². The van der Waals surface area contributed by atoms with Crippen LogP contribution in [0.15, 0.2) is 15.5 Å². The van der Waals surface area contributed by atoms with Crippen LogP contribution in [-0.4, -0.2) is 24.9 Å². The molecule has 0 aliphatic carbocycles. The molecule has 1 rings (SSSR count). The fourth-order valence-electron chi connectivity index (χ4n) is 1.27. The SMILES string of the molecule is CCCCOc1c(C(=O)OC)occ(C(=O)Cl)c1=O. The first-order valence-corrected chi connectivity index (χ1v) is 5.97. The molecule has 0 bridgehead atoms. The predicted molar refractivity (Wildman–Crippen MR) is 66.9 cm³/mol. The molecule has 0 saturated heterocycles. The molecule has 0 spiro atoms. The molecule has 0 unspecified atom stereocenters. The third-order valence-electron chi connectivity index (χ3n) is 2.28. The number of methoxy groups -OCH3 is 1. The maximum atomic E-state index is 11.9. The van der Waals surface area contributed by atoms with Gasteiger partial charge in [-0.25, -0.2) is 4.79 Å². The fraction of sp³-hybridized carbons (Fsp3) is 0.417. The highest BCUT2D eigenvalue weighted by molar-refractivity contribution is 6.67. The minimum absolute atomic E-state index is 0.213. The highest BCUT2D eigenvalue weighted by Crippen LogP contribution is 2.17. The van der Waals surface area contributed by atoms with Crippen molar-refractivity contribution in [1.82, 2.24) is 0 Å². The minimum Gasteiger partial charge on any atom is -0.486 e. The lowest BCUT2D eigenvalue weighted by Gasteiger charge is -2.08. The normalized spacial score (nSPS) is 10.1. The Bertz CT molecular complexity index is 534. The third kappa shape index (κ3) is 3.57. The van der Waals surface area contributed by atoms with Gasteiger partial charge in [0.25, 0.3) is 11.0 Å². The van der Waals surface area contributed by atoms with Gasteiger partial charge in [-0.2, -0.15) is 0 Å². The number of halogens is 1. The molecule has 104 valence electrons. The molecular weight excluding hydrogens is 276 g/mol. The van der Waals surface area contributed by atoms with Crippen molar-refractivity contribution < 1.29 is 23.5 Å². The average molecular weight is 289 g/mol. The molecule has 7 heteroatoms. The molecule has 0 saturated carbocycles. The van der Waals surface area contributed by atoms with E-state index >= 15 is 0 Å². The van der Waals surface area contributed by atoms with Gasteiger partial charge in [0, 0.05) is 0 Å².